The summed E-state index contributed by atoms with van der Waals surface area (Å²) in [7, 11) is 0. The molecule has 1 unspecified atom stereocenters. The van der Waals surface area contributed by atoms with E-state index in [-0.39, 0.29) is 12.5 Å². The fraction of sp³-hybridized carbons (Fsp3) is 0.400. The van der Waals surface area contributed by atoms with Gasteiger partial charge in [0.2, 0.25) is 6.79 Å². The Morgan fingerprint density at radius 1 is 1.43 bits per heavy atom. The van der Waals surface area contributed by atoms with Crippen molar-refractivity contribution in [3.63, 3.8) is 0 Å². The molecular formula is C10H11BrO3. The third kappa shape index (κ3) is 1.80. The van der Waals surface area contributed by atoms with Crippen LogP contribution >= 0.6 is 15.9 Å². The van der Waals surface area contributed by atoms with E-state index in [1.807, 2.05) is 13.0 Å². The maximum atomic E-state index is 9.67. The molecule has 1 aliphatic rings. The molecule has 1 heterocycles. The van der Waals surface area contributed by atoms with Gasteiger partial charge in [-0.1, -0.05) is 22.9 Å². The van der Waals surface area contributed by atoms with Gasteiger partial charge in [0.25, 0.3) is 0 Å². The number of benzene rings is 1. The predicted molar refractivity (Wildman–Crippen MR) is 56.3 cm³/mol. The number of halogens is 1. The second-order valence-corrected chi connectivity index (χ2v) is 4.88. The van der Waals surface area contributed by atoms with Gasteiger partial charge in [0.1, 0.15) is 5.75 Å². The molecule has 0 radical (unpaired) electrons. The molecule has 0 aliphatic carbocycles. The van der Waals surface area contributed by atoms with E-state index in [1.165, 1.54) is 0 Å². The van der Waals surface area contributed by atoms with Crippen molar-refractivity contribution in [1.82, 2.24) is 0 Å². The first kappa shape index (κ1) is 9.65. The van der Waals surface area contributed by atoms with Gasteiger partial charge in [0.05, 0.1) is 0 Å². The largest absolute Gasteiger partial charge is 0.508 e. The number of rotatable bonds is 2. The smallest absolute Gasteiger partial charge is 0.231 e. The van der Waals surface area contributed by atoms with Gasteiger partial charge in [-0.05, 0) is 18.1 Å². The van der Waals surface area contributed by atoms with Gasteiger partial charge < -0.3 is 14.6 Å². The first-order valence-corrected chi connectivity index (χ1v) is 5.34. The lowest BCUT2D eigenvalue weighted by atomic mass is 10.1. The Kier molecular flexibility index (Phi) is 2.54. The Morgan fingerprint density at radius 2 is 2.07 bits per heavy atom. The quantitative estimate of drug-likeness (QED) is 0.829. The van der Waals surface area contributed by atoms with Gasteiger partial charge in [-0.3, -0.25) is 0 Å². The Balaban J connectivity index is 2.32. The van der Waals surface area contributed by atoms with Crippen LogP contribution in [-0.4, -0.2) is 16.7 Å². The molecule has 2 rings (SSSR count). The van der Waals surface area contributed by atoms with Crippen molar-refractivity contribution in [2.75, 3.05) is 6.79 Å². The molecule has 4 heteroatoms. The topological polar surface area (TPSA) is 38.7 Å². The summed E-state index contributed by atoms with van der Waals surface area (Å²) in [6.45, 7) is 2.27. The first-order chi connectivity index (χ1) is 6.66. The van der Waals surface area contributed by atoms with Gasteiger partial charge in [0.15, 0.2) is 11.5 Å². The summed E-state index contributed by atoms with van der Waals surface area (Å²) < 4.78 is 10.4. The maximum Gasteiger partial charge on any atom is 0.231 e. The van der Waals surface area contributed by atoms with Crippen LogP contribution in [0.25, 0.3) is 0 Å². The molecule has 0 saturated carbocycles. The molecule has 1 aromatic carbocycles. The van der Waals surface area contributed by atoms with Gasteiger partial charge in [-0.15, -0.1) is 0 Å². The standard InChI is InChI=1S/C10H11BrO3/c1-6(11)2-7-3-9-10(4-8(7)12)14-5-13-9/h3-4,6,12H,2,5H2,1H3. The number of ether oxygens (including phenoxy) is 2. The number of alkyl halides is 1. The highest BCUT2D eigenvalue weighted by atomic mass is 79.9. The minimum Gasteiger partial charge on any atom is -0.508 e. The Morgan fingerprint density at radius 3 is 2.71 bits per heavy atom. The van der Waals surface area contributed by atoms with E-state index in [2.05, 4.69) is 15.9 Å². The summed E-state index contributed by atoms with van der Waals surface area (Å²) in [6.07, 6.45) is 0.766. The van der Waals surface area contributed by atoms with E-state index in [0.717, 1.165) is 12.0 Å². The third-order valence-electron chi connectivity index (χ3n) is 2.08. The Hall–Kier alpha value is -0.900. The van der Waals surface area contributed by atoms with E-state index in [9.17, 15) is 5.11 Å². The highest BCUT2D eigenvalue weighted by Gasteiger charge is 2.17. The van der Waals surface area contributed by atoms with Gasteiger partial charge in [-0.25, -0.2) is 0 Å². The maximum absolute atomic E-state index is 9.67. The average Bonchev–Trinajstić information content (AvgIpc) is 2.51. The Bertz CT molecular complexity index is 349. The van der Waals surface area contributed by atoms with Crippen molar-refractivity contribution < 1.29 is 14.6 Å². The SMILES string of the molecule is CC(Br)Cc1cc2c(cc1O)OCO2. The second-order valence-electron chi connectivity index (χ2n) is 3.32. The molecule has 1 N–H and O–H groups in total. The molecule has 0 amide bonds. The van der Waals surface area contributed by atoms with Crippen LogP contribution in [0.3, 0.4) is 0 Å². The van der Waals surface area contributed by atoms with E-state index in [1.54, 1.807) is 6.07 Å². The molecule has 14 heavy (non-hydrogen) atoms. The normalized spacial score (nSPS) is 15.6. The van der Waals surface area contributed by atoms with Gasteiger partial charge in [0, 0.05) is 10.9 Å². The molecular weight excluding hydrogens is 248 g/mol. The number of phenolic OH excluding ortho intramolecular Hbond substituents is 1. The molecule has 0 bridgehead atoms. The monoisotopic (exact) mass is 258 g/mol. The Labute approximate surface area is 90.8 Å². The van der Waals surface area contributed by atoms with E-state index in [0.29, 0.717) is 16.3 Å². The van der Waals surface area contributed by atoms with Gasteiger partial charge in [-0.2, -0.15) is 0 Å². The average molecular weight is 259 g/mol. The molecule has 1 atom stereocenters. The molecule has 1 aliphatic heterocycles. The fourth-order valence-electron chi connectivity index (χ4n) is 1.44. The third-order valence-corrected chi connectivity index (χ3v) is 2.40. The minimum absolute atomic E-state index is 0.238. The van der Waals surface area contributed by atoms with E-state index < -0.39 is 0 Å². The molecule has 0 saturated heterocycles. The second kappa shape index (κ2) is 3.69. The van der Waals surface area contributed by atoms with Crippen LogP contribution in [0.2, 0.25) is 0 Å². The van der Waals surface area contributed by atoms with E-state index in [4.69, 9.17) is 9.47 Å². The van der Waals surface area contributed by atoms with Crippen LogP contribution in [0.1, 0.15) is 12.5 Å². The zero-order chi connectivity index (χ0) is 10.1. The predicted octanol–water partition coefficient (Wildman–Crippen LogP) is 2.45. The van der Waals surface area contributed by atoms with Crippen LogP contribution < -0.4 is 9.47 Å². The zero-order valence-electron chi connectivity index (χ0n) is 7.79. The zero-order valence-corrected chi connectivity index (χ0v) is 9.37. The lowest BCUT2D eigenvalue weighted by molar-refractivity contribution is 0.174. The number of fused-ring (bicyclic) bond motifs is 1. The van der Waals surface area contributed by atoms with E-state index >= 15 is 0 Å². The minimum atomic E-state index is 0.238. The first-order valence-electron chi connectivity index (χ1n) is 4.42. The van der Waals surface area contributed by atoms with Crippen molar-refractivity contribution >= 4 is 15.9 Å². The van der Waals surface area contributed by atoms with Crippen molar-refractivity contribution in [2.24, 2.45) is 0 Å². The van der Waals surface area contributed by atoms with Crippen molar-refractivity contribution in [3.05, 3.63) is 17.7 Å². The van der Waals surface area contributed by atoms with Crippen molar-refractivity contribution in [3.8, 4) is 17.2 Å². The van der Waals surface area contributed by atoms with Crippen LogP contribution in [0, 0.1) is 0 Å². The molecule has 3 nitrogen and oxygen atoms in total. The van der Waals surface area contributed by atoms with Gasteiger partial charge >= 0.3 is 0 Å². The fourth-order valence-corrected chi connectivity index (χ4v) is 1.79. The number of aromatic hydroxyl groups is 1. The van der Waals surface area contributed by atoms with Crippen molar-refractivity contribution in [1.29, 1.82) is 0 Å². The lowest BCUT2D eigenvalue weighted by Crippen LogP contribution is -1.96. The highest BCUT2D eigenvalue weighted by Crippen LogP contribution is 2.38. The lowest BCUT2D eigenvalue weighted by Gasteiger charge is -2.07. The summed E-state index contributed by atoms with van der Waals surface area (Å²) in [5.74, 6) is 1.60. The summed E-state index contributed by atoms with van der Waals surface area (Å²) in [5.41, 5.74) is 0.874. The van der Waals surface area contributed by atoms with Crippen LogP contribution in [0.15, 0.2) is 12.1 Å². The van der Waals surface area contributed by atoms with Crippen LogP contribution in [0.4, 0.5) is 0 Å². The molecule has 0 fully saturated rings. The summed E-state index contributed by atoms with van der Waals surface area (Å²) >= 11 is 3.44. The number of phenols is 1. The number of hydrogen-bond acceptors (Lipinski definition) is 3. The van der Waals surface area contributed by atoms with Crippen LogP contribution in [-0.2, 0) is 6.42 Å². The number of hydrogen-bond donors (Lipinski definition) is 1. The molecule has 76 valence electrons. The molecule has 0 aromatic heterocycles. The van der Waals surface area contributed by atoms with Crippen molar-refractivity contribution in [2.45, 2.75) is 18.2 Å². The molecule has 1 aromatic rings. The highest BCUT2D eigenvalue weighted by molar-refractivity contribution is 9.09. The summed E-state index contributed by atoms with van der Waals surface area (Å²) in [4.78, 5) is 0.328. The summed E-state index contributed by atoms with van der Waals surface area (Å²) in [6, 6.07) is 3.43. The van der Waals surface area contributed by atoms with Crippen LogP contribution in [0.5, 0.6) is 17.2 Å². The molecule has 0 spiro atoms. The summed E-state index contributed by atoms with van der Waals surface area (Å²) in [5, 5.41) is 9.67.